The topological polar surface area (TPSA) is 100 Å². The monoisotopic (exact) mass is 467 g/mol. The van der Waals surface area contributed by atoms with Crippen LogP contribution in [0.4, 0.5) is 9.59 Å². The van der Waals surface area contributed by atoms with E-state index in [4.69, 9.17) is 69.6 Å². The minimum Gasteiger partial charge on any atom is -0.450 e. The molecule has 0 aromatic rings. The highest BCUT2D eigenvalue weighted by atomic mass is 35.6. The summed E-state index contributed by atoms with van der Waals surface area (Å²) in [6, 6.07) is 0. The molecule has 0 bridgehead atoms. The summed E-state index contributed by atoms with van der Waals surface area (Å²) < 4.78 is 4.68. The molecule has 0 aromatic heterocycles. The van der Waals surface area contributed by atoms with Gasteiger partial charge in [-0.1, -0.05) is 69.6 Å². The first kappa shape index (κ1) is 24.2. The number of nitrogens with one attached hydrogen (secondary N) is 2. The van der Waals surface area contributed by atoms with Crippen LogP contribution >= 0.6 is 69.6 Å². The zero-order chi connectivity index (χ0) is 19.1. The van der Waals surface area contributed by atoms with E-state index in [-0.39, 0.29) is 18.3 Å². The second-order valence-electron chi connectivity index (χ2n) is 4.00. The smallest absolute Gasteiger partial charge is 0.408 e. The number of nitrogens with zero attached hydrogens (tertiary/aromatic N) is 1. The van der Waals surface area contributed by atoms with E-state index in [0.717, 1.165) is 0 Å². The molecule has 0 aromatic carbocycles. The van der Waals surface area contributed by atoms with Crippen molar-refractivity contribution in [1.29, 1.82) is 0 Å². The van der Waals surface area contributed by atoms with Crippen LogP contribution in [0.5, 0.6) is 0 Å². The largest absolute Gasteiger partial charge is 0.450 e. The van der Waals surface area contributed by atoms with Gasteiger partial charge in [0.1, 0.15) is 0 Å². The van der Waals surface area contributed by atoms with E-state index >= 15 is 0 Å². The Morgan fingerprint density at radius 1 is 0.917 bits per heavy atom. The highest BCUT2D eigenvalue weighted by molar-refractivity contribution is 6.68. The lowest BCUT2D eigenvalue weighted by molar-refractivity contribution is -0.170. The van der Waals surface area contributed by atoms with E-state index in [1.165, 1.54) is 13.8 Å². The van der Waals surface area contributed by atoms with Crippen LogP contribution < -0.4 is 10.6 Å². The maximum absolute atomic E-state index is 11.5. The number of alkyl halides is 6. The number of amides is 2. The van der Waals surface area contributed by atoms with Gasteiger partial charge < -0.3 is 14.7 Å². The summed E-state index contributed by atoms with van der Waals surface area (Å²) in [7, 11) is 0. The normalized spacial score (nSPS) is 14.8. The van der Waals surface area contributed by atoms with Crippen LogP contribution in [0.2, 0.25) is 0 Å². The molecule has 0 aliphatic heterocycles. The number of ether oxygens (including phenoxy) is 2. The van der Waals surface area contributed by atoms with Crippen LogP contribution in [0.15, 0.2) is 0 Å². The molecule has 24 heavy (non-hydrogen) atoms. The van der Waals surface area contributed by atoms with Gasteiger partial charge in [-0.2, -0.15) is 0 Å². The summed E-state index contributed by atoms with van der Waals surface area (Å²) in [5.41, 5.74) is 0. The van der Waals surface area contributed by atoms with Gasteiger partial charge in [-0.3, -0.25) is 10.6 Å². The number of halogens is 6. The lowest BCUT2D eigenvalue weighted by Crippen LogP contribution is -2.64. The predicted molar refractivity (Wildman–Crippen MR) is 92.1 cm³/mol. The Bertz CT molecular complexity index is 392. The third kappa shape index (κ3) is 8.53. The van der Waals surface area contributed by atoms with Crippen molar-refractivity contribution in [3.8, 4) is 0 Å². The van der Waals surface area contributed by atoms with Gasteiger partial charge in [0.2, 0.25) is 7.59 Å². The average Bonchev–Trinajstić information content (AvgIpc) is 2.39. The van der Waals surface area contributed by atoms with Crippen molar-refractivity contribution in [2.75, 3.05) is 13.2 Å². The zero-order valence-corrected chi connectivity index (χ0v) is 16.9. The van der Waals surface area contributed by atoms with Crippen molar-refractivity contribution in [2.24, 2.45) is 0 Å². The minimum atomic E-state index is -2.29. The second kappa shape index (κ2) is 10.4. The van der Waals surface area contributed by atoms with Gasteiger partial charge in [-0.15, -0.1) is 5.06 Å². The van der Waals surface area contributed by atoms with Crippen LogP contribution in [0.1, 0.15) is 13.8 Å². The molecule has 3 N–H and O–H groups in total. The summed E-state index contributed by atoms with van der Waals surface area (Å²) >= 11 is 34.3. The SMILES string of the molecule is CCOC(=O)N[C@H](N(O)[C@@H](NC(=O)OCC)C(Cl)(Cl)Cl)C(Cl)(Cl)Cl. The molecule has 0 rings (SSSR count). The molecule has 14 heteroatoms. The Hall–Kier alpha value is 0.200. The van der Waals surface area contributed by atoms with Gasteiger partial charge in [0.25, 0.3) is 0 Å². The molecule has 0 unspecified atom stereocenters. The molecule has 0 saturated heterocycles. The minimum absolute atomic E-state index is 0.0127. The first-order valence-corrected chi connectivity index (χ1v) is 8.58. The van der Waals surface area contributed by atoms with Crippen LogP contribution in [0.3, 0.4) is 0 Å². The van der Waals surface area contributed by atoms with Gasteiger partial charge in [-0.25, -0.2) is 9.59 Å². The molecular formula is C10H15Cl6N3O5. The van der Waals surface area contributed by atoms with E-state index in [0.29, 0.717) is 0 Å². The first-order valence-electron chi connectivity index (χ1n) is 6.31. The molecule has 0 radical (unpaired) electrons. The maximum Gasteiger partial charge on any atom is 0.408 e. The van der Waals surface area contributed by atoms with Gasteiger partial charge in [0.15, 0.2) is 12.3 Å². The fourth-order valence-electron chi connectivity index (χ4n) is 1.31. The maximum atomic E-state index is 11.5. The second-order valence-corrected chi connectivity index (χ2v) is 8.74. The van der Waals surface area contributed by atoms with Crippen molar-refractivity contribution in [3.05, 3.63) is 0 Å². The molecule has 0 saturated carbocycles. The van der Waals surface area contributed by atoms with Gasteiger partial charge >= 0.3 is 12.2 Å². The number of rotatable bonds is 6. The van der Waals surface area contributed by atoms with Crippen molar-refractivity contribution < 1.29 is 24.3 Å². The van der Waals surface area contributed by atoms with Crippen LogP contribution in [-0.4, -0.2) is 55.6 Å². The van der Waals surface area contributed by atoms with Gasteiger partial charge in [-0.05, 0) is 13.8 Å². The van der Waals surface area contributed by atoms with Crippen molar-refractivity contribution in [1.82, 2.24) is 15.7 Å². The van der Waals surface area contributed by atoms with E-state index in [1.807, 2.05) is 0 Å². The lowest BCUT2D eigenvalue weighted by Gasteiger charge is -2.38. The summed E-state index contributed by atoms with van der Waals surface area (Å²) in [6.07, 6.45) is -5.53. The molecule has 142 valence electrons. The standard InChI is InChI=1S/C10H15Cl6N3O5/c1-3-23-7(20)17-5(9(11,12)13)19(22)6(10(14,15)16)18-8(21)24-4-2/h5-6,22H,3-4H2,1-2H3,(H,17,20)(H,18,21)/t5-,6-/m1/s1. The number of hydrogen-bond donors (Lipinski definition) is 3. The van der Waals surface area contributed by atoms with Crippen molar-refractivity contribution >= 4 is 81.8 Å². The van der Waals surface area contributed by atoms with E-state index in [1.54, 1.807) is 0 Å². The first-order chi connectivity index (χ1) is 10.8. The van der Waals surface area contributed by atoms with E-state index in [9.17, 15) is 14.8 Å². The highest BCUT2D eigenvalue weighted by Gasteiger charge is 2.48. The third-order valence-corrected chi connectivity index (χ3v) is 3.45. The van der Waals surface area contributed by atoms with E-state index in [2.05, 4.69) is 20.1 Å². The van der Waals surface area contributed by atoms with Crippen LogP contribution in [0, 0.1) is 0 Å². The molecule has 8 nitrogen and oxygen atoms in total. The Morgan fingerprint density at radius 3 is 1.42 bits per heavy atom. The number of carbonyl (C=O) groups is 2. The summed E-state index contributed by atoms with van der Waals surface area (Å²) in [4.78, 5) is 23.1. The summed E-state index contributed by atoms with van der Waals surface area (Å²) in [5.74, 6) is 0. The van der Waals surface area contributed by atoms with E-state index < -0.39 is 32.1 Å². The molecule has 0 spiro atoms. The molecule has 2 atom stereocenters. The fourth-order valence-corrected chi connectivity index (χ4v) is 2.24. The number of hydrogen-bond acceptors (Lipinski definition) is 6. The van der Waals surface area contributed by atoms with Crippen molar-refractivity contribution in [3.63, 3.8) is 0 Å². The Kier molecular flexibility index (Phi) is 10.5. The summed E-state index contributed by atoms with van der Waals surface area (Å²) in [5, 5.41) is 14.5. The fraction of sp³-hybridized carbons (Fsp3) is 0.800. The number of carbonyl (C=O) groups excluding carboxylic acids is 2. The quantitative estimate of drug-likeness (QED) is 0.312. The predicted octanol–water partition coefficient (Wildman–Crippen LogP) is 3.56. The number of hydroxylamine groups is 2. The number of alkyl carbamates (subject to hydrolysis) is 2. The molecule has 0 aliphatic rings. The summed E-state index contributed by atoms with van der Waals surface area (Å²) in [6.45, 7) is 3.09. The Balaban J connectivity index is 5.45. The lowest BCUT2D eigenvalue weighted by atomic mass is 10.4. The molecule has 0 heterocycles. The molecule has 0 aliphatic carbocycles. The van der Waals surface area contributed by atoms with Gasteiger partial charge in [0.05, 0.1) is 13.2 Å². The third-order valence-electron chi connectivity index (χ3n) is 2.21. The zero-order valence-electron chi connectivity index (χ0n) is 12.4. The average molecular weight is 470 g/mol. The molecule has 2 amide bonds. The Morgan fingerprint density at radius 2 is 1.21 bits per heavy atom. The highest BCUT2D eigenvalue weighted by Crippen LogP contribution is 2.37. The Labute approximate surface area is 168 Å². The van der Waals surface area contributed by atoms with Crippen molar-refractivity contribution in [2.45, 2.75) is 33.8 Å². The molecule has 0 fully saturated rings. The van der Waals surface area contributed by atoms with Crippen LogP contribution in [-0.2, 0) is 9.47 Å². The van der Waals surface area contributed by atoms with Crippen LogP contribution in [0.25, 0.3) is 0 Å². The molecular weight excluding hydrogens is 455 g/mol. The van der Waals surface area contributed by atoms with Gasteiger partial charge in [0, 0.05) is 0 Å².